The maximum atomic E-state index is 12.0. The summed E-state index contributed by atoms with van der Waals surface area (Å²) in [5.41, 5.74) is -0.539. The zero-order valence-corrected chi connectivity index (χ0v) is 12.0. The number of fused-ring (bicyclic) bond motifs is 1. The highest BCUT2D eigenvalue weighted by molar-refractivity contribution is 9.10. The van der Waals surface area contributed by atoms with E-state index in [9.17, 15) is 14.7 Å². The lowest BCUT2D eigenvalue weighted by Crippen LogP contribution is -2.46. The summed E-state index contributed by atoms with van der Waals surface area (Å²) in [5.74, 6) is -0.435. The van der Waals surface area contributed by atoms with E-state index in [1.54, 1.807) is 24.3 Å². The molecule has 1 amide bonds. The molecule has 0 saturated heterocycles. The van der Waals surface area contributed by atoms with Crippen molar-refractivity contribution in [3.05, 3.63) is 44.9 Å². The Balaban J connectivity index is 1.90. The maximum Gasteiger partial charge on any atom is 0.344 e. The SMILES string of the molecule is O=C(NC1CC(O)C1)c1cc2ccc(Br)cc2c(=O)o1. The number of aliphatic hydroxyl groups is 1. The Hall–Kier alpha value is -1.66. The zero-order valence-electron chi connectivity index (χ0n) is 10.4. The lowest BCUT2D eigenvalue weighted by atomic mass is 9.89. The van der Waals surface area contributed by atoms with Crippen LogP contribution >= 0.6 is 15.9 Å². The molecule has 1 aliphatic rings. The van der Waals surface area contributed by atoms with Gasteiger partial charge >= 0.3 is 5.63 Å². The van der Waals surface area contributed by atoms with Crippen LogP contribution in [0.25, 0.3) is 10.8 Å². The number of halogens is 1. The first-order chi connectivity index (χ1) is 9.52. The first-order valence-corrected chi connectivity index (χ1v) is 7.04. The van der Waals surface area contributed by atoms with Gasteiger partial charge in [0.2, 0.25) is 0 Å². The first-order valence-electron chi connectivity index (χ1n) is 6.25. The molecule has 0 unspecified atom stereocenters. The summed E-state index contributed by atoms with van der Waals surface area (Å²) in [7, 11) is 0. The summed E-state index contributed by atoms with van der Waals surface area (Å²) in [6.45, 7) is 0. The van der Waals surface area contributed by atoms with Gasteiger partial charge in [0.25, 0.3) is 5.91 Å². The number of benzene rings is 1. The topological polar surface area (TPSA) is 79.5 Å². The van der Waals surface area contributed by atoms with Crippen LogP contribution in [-0.2, 0) is 0 Å². The average molecular weight is 338 g/mol. The Morgan fingerprint density at radius 1 is 1.35 bits per heavy atom. The standard InChI is InChI=1S/C14H12BrNO4/c15-8-2-1-7-3-12(20-14(19)11(7)4-8)13(18)16-9-5-10(17)6-9/h1-4,9-10,17H,5-6H2,(H,16,18). The molecular weight excluding hydrogens is 326 g/mol. The predicted octanol–water partition coefficient (Wildman–Crippen LogP) is 1.81. The average Bonchev–Trinajstić information content (AvgIpc) is 2.37. The third-order valence-corrected chi connectivity index (χ3v) is 3.89. The van der Waals surface area contributed by atoms with E-state index in [4.69, 9.17) is 4.42 Å². The van der Waals surface area contributed by atoms with Crippen molar-refractivity contribution in [1.82, 2.24) is 5.32 Å². The molecule has 5 nitrogen and oxygen atoms in total. The van der Waals surface area contributed by atoms with Gasteiger partial charge in [-0.2, -0.15) is 0 Å². The molecule has 104 valence electrons. The molecule has 2 aromatic rings. The van der Waals surface area contributed by atoms with Crippen LogP contribution in [0.15, 0.2) is 37.9 Å². The van der Waals surface area contributed by atoms with Crippen molar-refractivity contribution in [3.63, 3.8) is 0 Å². The molecule has 0 bridgehead atoms. The number of aliphatic hydroxyl groups excluding tert-OH is 1. The van der Waals surface area contributed by atoms with E-state index in [2.05, 4.69) is 21.2 Å². The second kappa shape index (κ2) is 5.03. The summed E-state index contributed by atoms with van der Waals surface area (Å²) in [4.78, 5) is 23.9. The molecule has 3 rings (SSSR count). The highest BCUT2D eigenvalue weighted by Crippen LogP contribution is 2.21. The summed E-state index contributed by atoms with van der Waals surface area (Å²) in [6.07, 6.45) is 0.730. The van der Waals surface area contributed by atoms with Crippen molar-refractivity contribution in [2.75, 3.05) is 0 Å². The molecule has 0 aliphatic heterocycles. The predicted molar refractivity (Wildman–Crippen MR) is 76.7 cm³/mol. The van der Waals surface area contributed by atoms with Crippen molar-refractivity contribution < 1.29 is 14.3 Å². The van der Waals surface area contributed by atoms with Crippen molar-refractivity contribution >= 4 is 32.6 Å². The number of amides is 1. The first kappa shape index (κ1) is 13.3. The molecule has 1 saturated carbocycles. The molecule has 1 aromatic carbocycles. The normalized spacial score (nSPS) is 21.5. The van der Waals surface area contributed by atoms with E-state index in [-0.39, 0.29) is 17.9 Å². The molecule has 0 spiro atoms. The summed E-state index contributed by atoms with van der Waals surface area (Å²) < 4.78 is 5.83. The van der Waals surface area contributed by atoms with Crippen LogP contribution in [0.4, 0.5) is 0 Å². The lowest BCUT2D eigenvalue weighted by Gasteiger charge is -2.31. The van der Waals surface area contributed by atoms with E-state index >= 15 is 0 Å². The monoisotopic (exact) mass is 337 g/mol. The van der Waals surface area contributed by atoms with Gasteiger partial charge in [-0.1, -0.05) is 22.0 Å². The zero-order chi connectivity index (χ0) is 14.3. The lowest BCUT2D eigenvalue weighted by molar-refractivity contribution is 0.0549. The van der Waals surface area contributed by atoms with Gasteiger partial charge in [0, 0.05) is 10.5 Å². The van der Waals surface area contributed by atoms with E-state index in [0.717, 1.165) is 4.47 Å². The maximum absolute atomic E-state index is 12.0. The van der Waals surface area contributed by atoms with Crippen molar-refractivity contribution in [1.29, 1.82) is 0 Å². The fraction of sp³-hybridized carbons (Fsp3) is 0.286. The van der Waals surface area contributed by atoms with Gasteiger partial charge in [-0.3, -0.25) is 4.79 Å². The van der Waals surface area contributed by atoms with Crippen LogP contribution < -0.4 is 10.9 Å². The van der Waals surface area contributed by atoms with Gasteiger partial charge in [-0.15, -0.1) is 0 Å². The molecule has 1 aliphatic carbocycles. The number of hydrogen-bond acceptors (Lipinski definition) is 4. The fourth-order valence-corrected chi connectivity index (χ4v) is 2.59. The van der Waals surface area contributed by atoms with Crippen molar-refractivity contribution in [2.24, 2.45) is 0 Å². The molecule has 20 heavy (non-hydrogen) atoms. The van der Waals surface area contributed by atoms with Gasteiger partial charge in [0.15, 0.2) is 5.76 Å². The van der Waals surface area contributed by atoms with E-state index in [0.29, 0.717) is 23.6 Å². The van der Waals surface area contributed by atoms with Gasteiger partial charge < -0.3 is 14.8 Å². The fourth-order valence-electron chi connectivity index (χ4n) is 2.23. The van der Waals surface area contributed by atoms with Crippen LogP contribution in [-0.4, -0.2) is 23.2 Å². The van der Waals surface area contributed by atoms with Crippen molar-refractivity contribution in [3.8, 4) is 0 Å². The number of nitrogens with one attached hydrogen (secondary N) is 1. The Morgan fingerprint density at radius 2 is 2.10 bits per heavy atom. The molecule has 1 fully saturated rings. The molecule has 0 atom stereocenters. The second-order valence-electron chi connectivity index (χ2n) is 4.93. The number of hydrogen-bond donors (Lipinski definition) is 2. The smallest absolute Gasteiger partial charge is 0.344 e. The number of rotatable bonds is 2. The molecule has 0 radical (unpaired) electrons. The van der Waals surface area contributed by atoms with Gasteiger partial charge in [-0.25, -0.2) is 4.79 Å². The van der Waals surface area contributed by atoms with Gasteiger partial charge in [0.1, 0.15) is 0 Å². The Kier molecular flexibility index (Phi) is 3.35. The molecule has 6 heteroatoms. The van der Waals surface area contributed by atoms with Crippen LogP contribution in [0, 0.1) is 0 Å². The van der Waals surface area contributed by atoms with E-state index in [1.165, 1.54) is 0 Å². The highest BCUT2D eigenvalue weighted by Gasteiger charge is 2.29. The van der Waals surface area contributed by atoms with E-state index in [1.807, 2.05) is 0 Å². The van der Waals surface area contributed by atoms with E-state index < -0.39 is 11.5 Å². The van der Waals surface area contributed by atoms with Crippen LogP contribution in [0.2, 0.25) is 0 Å². The molecule has 1 heterocycles. The van der Waals surface area contributed by atoms with Crippen LogP contribution in [0.1, 0.15) is 23.4 Å². The molecular formula is C14H12BrNO4. The largest absolute Gasteiger partial charge is 0.417 e. The van der Waals surface area contributed by atoms with Gasteiger partial charge in [0.05, 0.1) is 11.5 Å². The summed E-state index contributed by atoms with van der Waals surface area (Å²) in [6, 6.07) is 6.70. The van der Waals surface area contributed by atoms with Crippen molar-refractivity contribution in [2.45, 2.75) is 25.0 Å². The number of carbonyl (C=O) groups is 1. The minimum atomic E-state index is -0.539. The minimum absolute atomic E-state index is 0.00814. The third kappa shape index (κ3) is 2.48. The Labute approximate surface area is 122 Å². The molecule has 1 aromatic heterocycles. The Bertz CT molecular complexity index is 734. The Morgan fingerprint density at radius 3 is 2.80 bits per heavy atom. The number of carbonyl (C=O) groups excluding carboxylic acids is 1. The highest BCUT2D eigenvalue weighted by atomic mass is 79.9. The van der Waals surface area contributed by atoms with Crippen LogP contribution in [0.5, 0.6) is 0 Å². The molecule has 2 N–H and O–H groups in total. The summed E-state index contributed by atoms with van der Waals surface area (Å²) in [5, 5.41) is 13.0. The third-order valence-electron chi connectivity index (χ3n) is 3.40. The van der Waals surface area contributed by atoms with Gasteiger partial charge in [-0.05, 0) is 36.4 Å². The second-order valence-corrected chi connectivity index (χ2v) is 5.84. The summed E-state index contributed by atoms with van der Waals surface area (Å²) >= 11 is 3.29. The minimum Gasteiger partial charge on any atom is -0.417 e. The van der Waals surface area contributed by atoms with Crippen LogP contribution in [0.3, 0.4) is 0 Å². The quantitative estimate of drug-likeness (QED) is 0.875.